The maximum absolute atomic E-state index is 13.5. The monoisotopic (exact) mass is 346 g/mol. The van der Waals surface area contributed by atoms with E-state index in [0.29, 0.717) is 12.8 Å². The van der Waals surface area contributed by atoms with E-state index in [4.69, 9.17) is 0 Å². The molecule has 1 aliphatic rings. The second-order valence-corrected chi connectivity index (χ2v) is 5.69. The van der Waals surface area contributed by atoms with E-state index in [2.05, 4.69) is 21.2 Å². The lowest BCUT2D eigenvalue weighted by Gasteiger charge is -2.37. The van der Waals surface area contributed by atoms with Gasteiger partial charge in [-0.05, 0) is 28.8 Å². The van der Waals surface area contributed by atoms with Crippen LogP contribution in [0.4, 0.5) is 15.8 Å². The average molecular weight is 347 g/mol. The normalized spacial score (nSPS) is 16.3. The zero-order valence-corrected chi connectivity index (χ0v) is 11.9. The van der Waals surface area contributed by atoms with E-state index in [1.807, 2.05) is 0 Å². The molecule has 0 bridgehead atoms. The molecule has 1 saturated carbocycles. The SMILES string of the molecule is O=C(O)C1(CNc2cc(F)c(Br)cc2[N+](=O)[O-])CCC1. The number of aliphatic carboxylic acids is 1. The van der Waals surface area contributed by atoms with Gasteiger partial charge in [-0.15, -0.1) is 0 Å². The van der Waals surface area contributed by atoms with Crippen LogP contribution in [0.1, 0.15) is 19.3 Å². The zero-order chi connectivity index (χ0) is 14.9. The van der Waals surface area contributed by atoms with Crippen molar-refractivity contribution in [3.8, 4) is 0 Å². The molecule has 1 aromatic rings. The summed E-state index contributed by atoms with van der Waals surface area (Å²) in [6.07, 6.45) is 1.84. The molecule has 0 unspecified atom stereocenters. The number of nitrogens with one attached hydrogen (secondary N) is 1. The van der Waals surface area contributed by atoms with E-state index in [-0.39, 0.29) is 22.4 Å². The summed E-state index contributed by atoms with van der Waals surface area (Å²) in [6, 6.07) is 2.06. The van der Waals surface area contributed by atoms with Crippen molar-refractivity contribution in [3.63, 3.8) is 0 Å². The van der Waals surface area contributed by atoms with Crippen LogP contribution in [0, 0.1) is 21.3 Å². The Balaban J connectivity index is 2.23. The molecule has 2 N–H and O–H groups in total. The molecule has 0 aliphatic heterocycles. The number of carboxylic acid groups (broad SMARTS) is 1. The van der Waals surface area contributed by atoms with E-state index >= 15 is 0 Å². The van der Waals surface area contributed by atoms with Gasteiger partial charge in [-0.25, -0.2) is 4.39 Å². The first-order valence-electron chi connectivity index (χ1n) is 5.96. The molecule has 0 aromatic heterocycles. The zero-order valence-electron chi connectivity index (χ0n) is 10.4. The van der Waals surface area contributed by atoms with Crippen LogP contribution in [0.5, 0.6) is 0 Å². The Morgan fingerprint density at radius 1 is 1.55 bits per heavy atom. The van der Waals surface area contributed by atoms with Gasteiger partial charge >= 0.3 is 5.97 Å². The predicted octanol–water partition coefficient (Wildman–Crippen LogP) is 3.16. The Morgan fingerprint density at radius 2 is 2.20 bits per heavy atom. The molecule has 6 nitrogen and oxygen atoms in total. The molecule has 0 radical (unpaired) electrons. The van der Waals surface area contributed by atoms with Gasteiger partial charge in [-0.2, -0.15) is 0 Å². The highest BCUT2D eigenvalue weighted by molar-refractivity contribution is 9.10. The highest BCUT2D eigenvalue weighted by Gasteiger charge is 2.44. The molecule has 0 heterocycles. The summed E-state index contributed by atoms with van der Waals surface area (Å²) >= 11 is 2.89. The third-order valence-corrected chi connectivity index (χ3v) is 4.22. The van der Waals surface area contributed by atoms with Gasteiger partial charge in [0.05, 0.1) is 14.8 Å². The lowest BCUT2D eigenvalue weighted by Crippen LogP contribution is -2.43. The molecule has 1 aromatic carbocycles. The van der Waals surface area contributed by atoms with E-state index in [1.54, 1.807) is 0 Å². The predicted molar refractivity (Wildman–Crippen MR) is 73.2 cm³/mol. The summed E-state index contributed by atoms with van der Waals surface area (Å²) in [6.45, 7) is 0.0459. The third-order valence-electron chi connectivity index (χ3n) is 3.62. The first-order valence-corrected chi connectivity index (χ1v) is 6.76. The van der Waals surface area contributed by atoms with Crippen molar-refractivity contribution in [1.29, 1.82) is 0 Å². The summed E-state index contributed by atoms with van der Waals surface area (Å²) in [5.74, 6) is -1.58. The molecule has 2 rings (SSSR count). The lowest BCUT2D eigenvalue weighted by molar-refractivity contribution is -0.384. The first kappa shape index (κ1) is 14.7. The highest BCUT2D eigenvalue weighted by atomic mass is 79.9. The second-order valence-electron chi connectivity index (χ2n) is 4.83. The van der Waals surface area contributed by atoms with Gasteiger partial charge in [0.25, 0.3) is 5.69 Å². The molecule has 108 valence electrons. The summed E-state index contributed by atoms with van der Waals surface area (Å²) in [5.41, 5.74) is -1.21. The molecule has 20 heavy (non-hydrogen) atoms. The van der Waals surface area contributed by atoms with Crippen LogP contribution in [0.3, 0.4) is 0 Å². The molecule has 0 spiro atoms. The third kappa shape index (κ3) is 2.60. The van der Waals surface area contributed by atoms with Gasteiger partial charge in [0.2, 0.25) is 0 Å². The number of anilines is 1. The topological polar surface area (TPSA) is 92.5 Å². The fourth-order valence-corrected chi connectivity index (χ4v) is 2.49. The number of halogens is 2. The van der Waals surface area contributed by atoms with Gasteiger partial charge in [-0.1, -0.05) is 6.42 Å². The van der Waals surface area contributed by atoms with Crippen LogP contribution in [0.2, 0.25) is 0 Å². The number of benzene rings is 1. The van der Waals surface area contributed by atoms with Gasteiger partial charge in [0.1, 0.15) is 11.5 Å². The molecular formula is C12H12BrFN2O4. The number of nitrogens with zero attached hydrogens (tertiary/aromatic N) is 1. The van der Waals surface area contributed by atoms with Crippen LogP contribution in [-0.2, 0) is 4.79 Å². The van der Waals surface area contributed by atoms with E-state index < -0.39 is 22.1 Å². The van der Waals surface area contributed by atoms with E-state index in [0.717, 1.165) is 18.6 Å². The van der Waals surface area contributed by atoms with Crippen LogP contribution in [-0.4, -0.2) is 22.5 Å². The van der Waals surface area contributed by atoms with Crippen molar-refractivity contribution in [1.82, 2.24) is 0 Å². The Labute approximate surface area is 122 Å². The van der Waals surface area contributed by atoms with Gasteiger partial charge in [0, 0.05) is 18.7 Å². The number of carbonyl (C=O) groups is 1. The Hall–Kier alpha value is -1.70. The maximum Gasteiger partial charge on any atom is 0.311 e. The first-order chi connectivity index (χ1) is 9.35. The van der Waals surface area contributed by atoms with Crippen molar-refractivity contribution in [2.75, 3.05) is 11.9 Å². The summed E-state index contributed by atoms with van der Waals surface area (Å²) in [7, 11) is 0. The van der Waals surface area contributed by atoms with Crippen molar-refractivity contribution in [2.45, 2.75) is 19.3 Å². The molecule has 0 saturated heterocycles. The molecule has 0 atom stereocenters. The molecule has 8 heteroatoms. The number of nitro benzene ring substituents is 1. The fourth-order valence-electron chi connectivity index (χ4n) is 2.16. The average Bonchev–Trinajstić information content (AvgIpc) is 2.30. The fraction of sp³-hybridized carbons (Fsp3) is 0.417. The van der Waals surface area contributed by atoms with Crippen LogP contribution < -0.4 is 5.32 Å². The smallest absolute Gasteiger partial charge is 0.311 e. The Morgan fingerprint density at radius 3 is 2.65 bits per heavy atom. The summed E-state index contributed by atoms with van der Waals surface area (Å²) in [4.78, 5) is 21.5. The van der Waals surface area contributed by atoms with Crippen molar-refractivity contribution in [2.24, 2.45) is 5.41 Å². The minimum atomic E-state index is -0.934. The largest absolute Gasteiger partial charge is 0.481 e. The second kappa shape index (κ2) is 5.35. The van der Waals surface area contributed by atoms with E-state index in [9.17, 15) is 24.4 Å². The number of carboxylic acids is 1. The van der Waals surface area contributed by atoms with Gasteiger partial charge in [0.15, 0.2) is 0 Å². The summed E-state index contributed by atoms with van der Waals surface area (Å²) < 4.78 is 13.5. The number of nitro groups is 1. The minimum Gasteiger partial charge on any atom is -0.481 e. The maximum atomic E-state index is 13.5. The molecule has 1 aliphatic carbocycles. The highest BCUT2D eigenvalue weighted by Crippen LogP contribution is 2.42. The molecular weight excluding hydrogens is 335 g/mol. The molecule has 0 amide bonds. The lowest BCUT2D eigenvalue weighted by atomic mass is 9.69. The van der Waals surface area contributed by atoms with Gasteiger partial charge in [-0.3, -0.25) is 14.9 Å². The minimum absolute atomic E-state index is 0.00802. The van der Waals surface area contributed by atoms with Crippen LogP contribution in [0.25, 0.3) is 0 Å². The van der Waals surface area contributed by atoms with Crippen molar-refractivity contribution < 1.29 is 19.2 Å². The van der Waals surface area contributed by atoms with Gasteiger partial charge < -0.3 is 10.4 Å². The standard InChI is InChI=1S/C12H12BrFN2O4/c13-7-4-10(16(19)20)9(5-8(7)14)15-6-12(11(17)18)2-1-3-12/h4-5,15H,1-3,6H2,(H,17,18). The number of rotatable bonds is 5. The Bertz CT molecular complexity index is 575. The van der Waals surface area contributed by atoms with Crippen molar-refractivity contribution >= 4 is 33.3 Å². The van der Waals surface area contributed by atoms with Crippen LogP contribution >= 0.6 is 15.9 Å². The Kier molecular flexibility index (Phi) is 3.94. The summed E-state index contributed by atoms with van der Waals surface area (Å²) in [5, 5.41) is 22.8. The van der Waals surface area contributed by atoms with Crippen LogP contribution in [0.15, 0.2) is 16.6 Å². The van der Waals surface area contributed by atoms with Crippen molar-refractivity contribution in [3.05, 3.63) is 32.5 Å². The molecule has 1 fully saturated rings. The number of hydrogen-bond acceptors (Lipinski definition) is 4. The van der Waals surface area contributed by atoms with E-state index in [1.165, 1.54) is 0 Å². The number of hydrogen-bond donors (Lipinski definition) is 2. The quantitative estimate of drug-likeness (QED) is 0.630.